The summed E-state index contributed by atoms with van der Waals surface area (Å²) in [6.07, 6.45) is 2.88. The van der Waals surface area contributed by atoms with E-state index >= 15 is 0 Å². The molecule has 0 N–H and O–H groups in total. The predicted molar refractivity (Wildman–Crippen MR) is 75.5 cm³/mol. The number of fused-ring (bicyclic) bond motifs is 1. The van der Waals surface area contributed by atoms with Gasteiger partial charge in [-0.3, -0.25) is 0 Å². The van der Waals surface area contributed by atoms with Crippen LogP contribution in [0, 0.1) is 0 Å². The minimum absolute atomic E-state index is 0.461. The second-order valence-corrected chi connectivity index (χ2v) is 5.64. The number of hydrogen-bond donors (Lipinski definition) is 0. The van der Waals surface area contributed by atoms with Crippen molar-refractivity contribution in [3.8, 4) is 10.6 Å². The Balaban J connectivity index is 1.76. The quantitative estimate of drug-likeness (QED) is 0.705. The van der Waals surface area contributed by atoms with Crippen molar-refractivity contribution in [1.82, 2.24) is 4.98 Å². The fraction of sp³-hybridized carbons (Fsp3) is 0.267. The molecule has 19 heavy (non-hydrogen) atoms. The molecule has 0 radical (unpaired) electrons. The first-order valence-electron chi connectivity index (χ1n) is 6.41. The van der Waals surface area contributed by atoms with Gasteiger partial charge in [0, 0.05) is 23.3 Å². The van der Waals surface area contributed by atoms with E-state index in [1.54, 1.807) is 17.6 Å². The van der Waals surface area contributed by atoms with Crippen molar-refractivity contribution in [2.24, 2.45) is 0 Å². The molecule has 3 nitrogen and oxygen atoms in total. The number of benzene rings is 1. The predicted octanol–water partition coefficient (Wildman–Crippen LogP) is 4.06. The number of furan rings is 1. The van der Waals surface area contributed by atoms with E-state index in [4.69, 9.17) is 14.1 Å². The largest absolute Gasteiger partial charge is 0.464 e. The Bertz CT molecular complexity index is 710. The van der Waals surface area contributed by atoms with Gasteiger partial charge in [0.15, 0.2) is 0 Å². The molecule has 1 unspecified atom stereocenters. The summed E-state index contributed by atoms with van der Waals surface area (Å²) >= 11 is 1.68. The zero-order valence-corrected chi connectivity index (χ0v) is 11.2. The molecule has 3 aromatic rings. The van der Waals surface area contributed by atoms with Crippen LogP contribution in [0.25, 0.3) is 21.5 Å². The van der Waals surface area contributed by atoms with Gasteiger partial charge in [0.25, 0.3) is 0 Å². The zero-order valence-electron chi connectivity index (χ0n) is 10.3. The Labute approximate surface area is 114 Å². The number of thiazole rings is 1. The van der Waals surface area contributed by atoms with E-state index in [-0.39, 0.29) is 0 Å². The summed E-state index contributed by atoms with van der Waals surface area (Å²) < 4.78 is 11.0. The van der Waals surface area contributed by atoms with Gasteiger partial charge in [0.2, 0.25) is 0 Å². The molecule has 1 fully saturated rings. The van der Waals surface area contributed by atoms with Crippen molar-refractivity contribution in [2.45, 2.75) is 12.3 Å². The monoisotopic (exact) mass is 271 g/mol. The van der Waals surface area contributed by atoms with Crippen molar-refractivity contribution in [3.63, 3.8) is 0 Å². The lowest BCUT2D eigenvalue weighted by molar-refractivity contribution is 0.193. The Morgan fingerprint density at radius 1 is 1.26 bits per heavy atom. The molecule has 1 atom stereocenters. The number of para-hydroxylation sites is 1. The van der Waals surface area contributed by atoms with Crippen LogP contribution in [0.4, 0.5) is 0 Å². The molecule has 2 aromatic heterocycles. The SMILES string of the molecule is c1ccc2c(-c3nc(C4CCOC4)cs3)coc2c1. The molecule has 1 saturated heterocycles. The Morgan fingerprint density at radius 2 is 2.21 bits per heavy atom. The van der Waals surface area contributed by atoms with Crippen LogP contribution in [0.1, 0.15) is 18.0 Å². The summed E-state index contributed by atoms with van der Waals surface area (Å²) in [5.41, 5.74) is 3.16. The lowest BCUT2D eigenvalue weighted by Crippen LogP contribution is -1.97. The van der Waals surface area contributed by atoms with Gasteiger partial charge in [-0.1, -0.05) is 18.2 Å². The lowest BCUT2D eigenvalue weighted by atomic mass is 10.1. The van der Waals surface area contributed by atoms with Crippen molar-refractivity contribution >= 4 is 22.3 Å². The molecular formula is C15H13NO2S. The topological polar surface area (TPSA) is 35.3 Å². The van der Waals surface area contributed by atoms with Gasteiger partial charge >= 0.3 is 0 Å². The molecule has 96 valence electrons. The van der Waals surface area contributed by atoms with E-state index in [0.717, 1.165) is 46.9 Å². The van der Waals surface area contributed by atoms with E-state index < -0.39 is 0 Å². The van der Waals surface area contributed by atoms with Crippen LogP contribution in [0.2, 0.25) is 0 Å². The van der Waals surface area contributed by atoms with Gasteiger partial charge in [-0.25, -0.2) is 4.98 Å². The van der Waals surface area contributed by atoms with Gasteiger partial charge < -0.3 is 9.15 Å². The number of nitrogens with zero attached hydrogens (tertiary/aromatic N) is 1. The fourth-order valence-corrected chi connectivity index (χ4v) is 3.43. The number of hydrogen-bond acceptors (Lipinski definition) is 4. The normalized spacial score (nSPS) is 19.3. The first-order valence-corrected chi connectivity index (χ1v) is 7.29. The highest BCUT2D eigenvalue weighted by Crippen LogP contribution is 2.35. The summed E-state index contributed by atoms with van der Waals surface area (Å²) in [6.45, 7) is 1.65. The zero-order chi connectivity index (χ0) is 12.7. The highest BCUT2D eigenvalue weighted by atomic mass is 32.1. The van der Waals surface area contributed by atoms with Gasteiger partial charge in [-0.15, -0.1) is 11.3 Å². The molecule has 0 spiro atoms. The van der Waals surface area contributed by atoms with Gasteiger partial charge in [0.05, 0.1) is 17.9 Å². The maximum atomic E-state index is 5.58. The fourth-order valence-electron chi connectivity index (χ4n) is 2.51. The van der Waals surface area contributed by atoms with E-state index in [9.17, 15) is 0 Å². The van der Waals surface area contributed by atoms with E-state index in [0.29, 0.717) is 5.92 Å². The molecule has 3 heterocycles. The maximum Gasteiger partial charge on any atom is 0.134 e. The average molecular weight is 271 g/mol. The second-order valence-electron chi connectivity index (χ2n) is 4.78. The maximum absolute atomic E-state index is 5.58. The van der Waals surface area contributed by atoms with Gasteiger partial charge in [0.1, 0.15) is 16.9 Å². The Kier molecular flexibility index (Phi) is 2.64. The highest BCUT2D eigenvalue weighted by Gasteiger charge is 2.21. The third-order valence-electron chi connectivity index (χ3n) is 3.58. The molecule has 4 heteroatoms. The van der Waals surface area contributed by atoms with Crippen LogP contribution in [0.3, 0.4) is 0 Å². The van der Waals surface area contributed by atoms with Crippen molar-refractivity contribution < 1.29 is 9.15 Å². The first-order chi connectivity index (χ1) is 9.42. The molecule has 0 bridgehead atoms. The molecule has 1 aliphatic heterocycles. The second kappa shape index (κ2) is 4.47. The van der Waals surface area contributed by atoms with Crippen molar-refractivity contribution in [3.05, 3.63) is 41.6 Å². The van der Waals surface area contributed by atoms with Crippen molar-refractivity contribution in [2.75, 3.05) is 13.2 Å². The number of rotatable bonds is 2. The van der Waals surface area contributed by atoms with E-state index in [1.807, 2.05) is 18.2 Å². The third kappa shape index (κ3) is 1.88. The van der Waals surface area contributed by atoms with Crippen LogP contribution in [-0.4, -0.2) is 18.2 Å². The summed E-state index contributed by atoms with van der Waals surface area (Å²) in [4.78, 5) is 4.76. The highest BCUT2D eigenvalue weighted by molar-refractivity contribution is 7.13. The Morgan fingerprint density at radius 3 is 3.11 bits per heavy atom. The van der Waals surface area contributed by atoms with Crippen LogP contribution in [0.15, 0.2) is 40.3 Å². The van der Waals surface area contributed by atoms with Crippen LogP contribution < -0.4 is 0 Å². The first kappa shape index (κ1) is 11.2. The van der Waals surface area contributed by atoms with E-state index in [1.165, 1.54) is 0 Å². The summed E-state index contributed by atoms with van der Waals surface area (Å²) in [5, 5.41) is 4.31. The molecule has 1 aliphatic rings. The Hall–Kier alpha value is -1.65. The molecule has 0 amide bonds. The summed E-state index contributed by atoms with van der Waals surface area (Å²) in [5.74, 6) is 0.461. The molecular weight excluding hydrogens is 258 g/mol. The lowest BCUT2D eigenvalue weighted by Gasteiger charge is -2.01. The molecule has 0 aliphatic carbocycles. The van der Waals surface area contributed by atoms with Crippen LogP contribution in [0.5, 0.6) is 0 Å². The van der Waals surface area contributed by atoms with Crippen LogP contribution >= 0.6 is 11.3 Å². The number of ether oxygens (including phenoxy) is 1. The molecule has 4 rings (SSSR count). The summed E-state index contributed by atoms with van der Waals surface area (Å²) in [7, 11) is 0. The van der Waals surface area contributed by atoms with Gasteiger partial charge in [-0.2, -0.15) is 0 Å². The third-order valence-corrected chi connectivity index (χ3v) is 4.48. The van der Waals surface area contributed by atoms with E-state index in [2.05, 4.69) is 11.4 Å². The van der Waals surface area contributed by atoms with Gasteiger partial charge in [-0.05, 0) is 12.5 Å². The smallest absolute Gasteiger partial charge is 0.134 e. The molecule has 1 aromatic carbocycles. The standard InChI is InChI=1S/C15H13NO2S/c1-2-4-14-11(3-1)12(8-18-14)15-16-13(9-19-15)10-5-6-17-7-10/h1-4,8-10H,5-7H2. The average Bonchev–Trinajstić information content (AvgIpc) is 3.18. The minimum Gasteiger partial charge on any atom is -0.464 e. The van der Waals surface area contributed by atoms with Crippen LogP contribution in [-0.2, 0) is 4.74 Å². The minimum atomic E-state index is 0.461. The number of aromatic nitrogens is 1. The van der Waals surface area contributed by atoms with Crippen molar-refractivity contribution in [1.29, 1.82) is 0 Å². The summed E-state index contributed by atoms with van der Waals surface area (Å²) in [6, 6.07) is 8.07. The molecule has 0 saturated carbocycles.